The molecular formula is C16H21N3OS. The molecule has 1 heterocycles. The van der Waals surface area contributed by atoms with E-state index in [1.54, 1.807) is 23.9 Å². The van der Waals surface area contributed by atoms with E-state index in [9.17, 15) is 4.79 Å². The Labute approximate surface area is 129 Å². The van der Waals surface area contributed by atoms with Crippen molar-refractivity contribution in [1.29, 1.82) is 0 Å². The van der Waals surface area contributed by atoms with Gasteiger partial charge in [-0.2, -0.15) is 0 Å². The number of carbonyl (C=O) groups is 1. The van der Waals surface area contributed by atoms with Gasteiger partial charge in [0.25, 0.3) is 0 Å². The number of hydrogen-bond donors (Lipinski definition) is 2. The predicted molar refractivity (Wildman–Crippen MR) is 88.8 cm³/mol. The molecule has 1 aliphatic carbocycles. The molecule has 1 amide bonds. The van der Waals surface area contributed by atoms with Crippen LogP contribution in [0, 0.1) is 5.92 Å². The minimum atomic E-state index is -0.399. The molecule has 0 unspecified atom stereocenters. The van der Waals surface area contributed by atoms with Crippen molar-refractivity contribution in [2.45, 2.75) is 38.1 Å². The number of carbonyl (C=O) groups excluding carboxylic acids is 1. The Morgan fingerprint density at radius 2 is 2.00 bits per heavy atom. The summed E-state index contributed by atoms with van der Waals surface area (Å²) < 4.78 is 0. The van der Waals surface area contributed by atoms with Crippen LogP contribution in [0.4, 0.5) is 5.69 Å². The van der Waals surface area contributed by atoms with Gasteiger partial charge in [0.1, 0.15) is 0 Å². The molecule has 0 saturated heterocycles. The summed E-state index contributed by atoms with van der Waals surface area (Å²) >= 11 is 1.80. The number of amidine groups is 1. The Morgan fingerprint density at radius 3 is 2.62 bits per heavy atom. The van der Waals surface area contributed by atoms with E-state index in [1.807, 2.05) is 12.1 Å². The molecule has 0 radical (unpaired) electrons. The molecule has 1 saturated carbocycles. The second-order valence-corrected chi connectivity index (χ2v) is 7.14. The van der Waals surface area contributed by atoms with E-state index >= 15 is 0 Å². The van der Waals surface area contributed by atoms with E-state index in [0.717, 1.165) is 22.5 Å². The van der Waals surface area contributed by atoms with E-state index in [-0.39, 0.29) is 5.54 Å². The fourth-order valence-electron chi connectivity index (χ4n) is 2.94. The van der Waals surface area contributed by atoms with Gasteiger partial charge in [-0.25, -0.2) is 0 Å². The van der Waals surface area contributed by atoms with Gasteiger partial charge in [0.05, 0.1) is 5.54 Å². The van der Waals surface area contributed by atoms with Gasteiger partial charge < -0.3 is 11.1 Å². The number of benzene rings is 1. The van der Waals surface area contributed by atoms with Gasteiger partial charge in [0.15, 0.2) is 5.17 Å². The molecule has 3 rings (SSSR count). The molecular weight excluding hydrogens is 282 g/mol. The van der Waals surface area contributed by atoms with Gasteiger partial charge in [-0.1, -0.05) is 18.7 Å². The number of nitrogens with zero attached hydrogens (tertiary/aromatic N) is 1. The second kappa shape index (κ2) is 5.72. The number of hydrogen-bond acceptors (Lipinski definition) is 4. The number of thioether (sulfide) groups is 1. The van der Waals surface area contributed by atoms with Crippen LogP contribution in [0.15, 0.2) is 29.3 Å². The summed E-state index contributed by atoms with van der Waals surface area (Å²) in [6.45, 7) is 2.33. The van der Waals surface area contributed by atoms with E-state index < -0.39 is 5.91 Å². The van der Waals surface area contributed by atoms with Crippen LogP contribution in [0.2, 0.25) is 0 Å². The van der Waals surface area contributed by atoms with Crippen LogP contribution < -0.4 is 11.1 Å². The summed E-state index contributed by atoms with van der Waals surface area (Å²) in [6, 6.07) is 7.22. The molecule has 1 spiro atoms. The van der Waals surface area contributed by atoms with Gasteiger partial charge >= 0.3 is 0 Å². The lowest BCUT2D eigenvalue weighted by atomic mass is 9.79. The molecule has 1 fully saturated rings. The largest absolute Gasteiger partial charge is 0.366 e. The monoisotopic (exact) mass is 303 g/mol. The minimum Gasteiger partial charge on any atom is -0.366 e. The fraction of sp³-hybridized carbons (Fsp3) is 0.500. The van der Waals surface area contributed by atoms with Crippen molar-refractivity contribution in [3.63, 3.8) is 0 Å². The standard InChI is InChI=1S/C16H21N3OS/c1-11-6-8-16(9-7-11)10-21-15(19-16)18-13-4-2-12(3-5-13)14(17)20/h2-5,11H,6-10H2,1H3,(H2,17,20)(H,18,19). The van der Waals surface area contributed by atoms with Crippen LogP contribution in [-0.4, -0.2) is 22.4 Å². The summed E-state index contributed by atoms with van der Waals surface area (Å²) in [6.07, 6.45) is 4.97. The zero-order valence-electron chi connectivity index (χ0n) is 12.3. The Morgan fingerprint density at radius 1 is 1.33 bits per heavy atom. The van der Waals surface area contributed by atoms with E-state index in [0.29, 0.717) is 5.56 Å². The molecule has 112 valence electrons. The molecule has 0 atom stereocenters. The average molecular weight is 303 g/mol. The lowest BCUT2D eigenvalue weighted by molar-refractivity contribution is 0.100. The average Bonchev–Trinajstić information content (AvgIpc) is 2.86. The van der Waals surface area contributed by atoms with Crippen molar-refractivity contribution in [3.05, 3.63) is 29.8 Å². The highest BCUT2D eigenvalue weighted by atomic mass is 32.2. The number of anilines is 1. The Balaban J connectivity index is 1.67. The van der Waals surface area contributed by atoms with Gasteiger partial charge in [0, 0.05) is 17.0 Å². The maximum absolute atomic E-state index is 11.1. The molecule has 1 aromatic carbocycles. The lowest BCUT2D eigenvalue weighted by Crippen LogP contribution is -2.32. The van der Waals surface area contributed by atoms with Crippen molar-refractivity contribution < 1.29 is 4.79 Å². The molecule has 1 aromatic rings. The molecule has 21 heavy (non-hydrogen) atoms. The van der Waals surface area contributed by atoms with Crippen LogP contribution in [-0.2, 0) is 0 Å². The Bertz CT molecular complexity index is 559. The van der Waals surface area contributed by atoms with Crippen molar-refractivity contribution in [1.82, 2.24) is 0 Å². The maximum Gasteiger partial charge on any atom is 0.248 e. The number of aliphatic imine (C=N–C) groups is 1. The predicted octanol–water partition coefficient (Wildman–Crippen LogP) is 3.25. The van der Waals surface area contributed by atoms with Crippen LogP contribution >= 0.6 is 11.8 Å². The number of primary amides is 1. The van der Waals surface area contributed by atoms with Crippen molar-refractivity contribution in [2.75, 3.05) is 11.1 Å². The molecule has 3 N–H and O–H groups in total. The van der Waals surface area contributed by atoms with E-state index in [2.05, 4.69) is 12.2 Å². The third-order valence-corrected chi connectivity index (χ3v) is 5.59. The Hall–Kier alpha value is -1.49. The molecule has 0 aromatic heterocycles. The van der Waals surface area contributed by atoms with Crippen LogP contribution in [0.3, 0.4) is 0 Å². The zero-order valence-corrected chi connectivity index (χ0v) is 13.1. The first-order valence-electron chi connectivity index (χ1n) is 7.46. The maximum atomic E-state index is 11.1. The molecule has 1 aliphatic heterocycles. The van der Waals surface area contributed by atoms with E-state index in [1.165, 1.54) is 25.7 Å². The highest BCUT2D eigenvalue weighted by molar-refractivity contribution is 8.14. The first kappa shape index (κ1) is 14.4. The lowest BCUT2D eigenvalue weighted by Gasteiger charge is -2.32. The minimum absolute atomic E-state index is 0.159. The quantitative estimate of drug-likeness (QED) is 0.881. The number of rotatable bonds is 2. The smallest absolute Gasteiger partial charge is 0.248 e. The highest BCUT2D eigenvalue weighted by Crippen LogP contribution is 2.41. The fourth-order valence-corrected chi connectivity index (χ4v) is 4.15. The molecule has 2 aliphatic rings. The van der Waals surface area contributed by atoms with Crippen molar-refractivity contribution >= 4 is 28.5 Å². The van der Waals surface area contributed by atoms with Gasteiger partial charge in [-0.3, -0.25) is 9.79 Å². The number of nitrogens with two attached hydrogens (primary N) is 1. The number of nitrogens with one attached hydrogen (secondary N) is 1. The molecule has 5 heteroatoms. The summed E-state index contributed by atoms with van der Waals surface area (Å²) in [5, 5.41) is 4.35. The molecule has 4 nitrogen and oxygen atoms in total. The van der Waals surface area contributed by atoms with Crippen molar-refractivity contribution in [2.24, 2.45) is 16.6 Å². The topological polar surface area (TPSA) is 67.5 Å². The third kappa shape index (κ3) is 3.23. The van der Waals surface area contributed by atoms with Gasteiger partial charge in [-0.15, -0.1) is 0 Å². The summed E-state index contributed by atoms with van der Waals surface area (Å²) in [7, 11) is 0. The Kier molecular flexibility index (Phi) is 3.93. The summed E-state index contributed by atoms with van der Waals surface area (Å²) in [4.78, 5) is 16.0. The SMILES string of the molecule is CC1CCC2(CC1)CSC(Nc1ccc(C(N)=O)cc1)=N2. The second-order valence-electron chi connectivity index (χ2n) is 6.18. The highest BCUT2D eigenvalue weighted by Gasteiger charge is 2.38. The van der Waals surface area contributed by atoms with Crippen LogP contribution in [0.5, 0.6) is 0 Å². The third-order valence-electron chi connectivity index (χ3n) is 4.44. The molecule has 0 bridgehead atoms. The van der Waals surface area contributed by atoms with Crippen LogP contribution in [0.1, 0.15) is 43.0 Å². The van der Waals surface area contributed by atoms with Gasteiger partial charge in [-0.05, 0) is 55.9 Å². The van der Waals surface area contributed by atoms with E-state index in [4.69, 9.17) is 10.7 Å². The zero-order chi connectivity index (χ0) is 14.9. The first-order valence-corrected chi connectivity index (χ1v) is 8.44. The van der Waals surface area contributed by atoms with Crippen LogP contribution in [0.25, 0.3) is 0 Å². The van der Waals surface area contributed by atoms with Gasteiger partial charge in [0.2, 0.25) is 5.91 Å². The number of amides is 1. The summed E-state index contributed by atoms with van der Waals surface area (Å²) in [5.41, 5.74) is 6.88. The summed E-state index contributed by atoms with van der Waals surface area (Å²) in [5.74, 6) is 1.53. The van der Waals surface area contributed by atoms with Crippen molar-refractivity contribution in [3.8, 4) is 0 Å². The normalized spacial score (nSPS) is 28.4. The first-order chi connectivity index (χ1) is 10.1.